The lowest BCUT2D eigenvalue weighted by Gasteiger charge is -2.30. The number of hydrogen-bond donors (Lipinski definition) is 0. The van der Waals surface area contributed by atoms with Crippen molar-refractivity contribution in [2.75, 3.05) is 5.75 Å². The van der Waals surface area contributed by atoms with E-state index in [9.17, 15) is 4.79 Å². The van der Waals surface area contributed by atoms with E-state index in [1.165, 1.54) is 22.7 Å². The quantitative estimate of drug-likeness (QED) is 0.772. The summed E-state index contributed by atoms with van der Waals surface area (Å²) in [4.78, 5) is 19.0. The molecule has 4 heteroatoms. The predicted octanol–water partition coefficient (Wildman–Crippen LogP) is 4.28. The van der Waals surface area contributed by atoms with E-state index in [1.54, 1.807) is 0 Å². The van der Waals surface area contributed by atoms with Gasteiger partial charge in [0.25, 0.3) is 0 Å². The standard InChI is InChI=1S/C18H24N2OS/c1-12(2)20(13(3)4)18(21)11-22-17-10-14(5)15-8-6-7-9-16(15)19-17/h6-10,12-13H,11H2,1-5H3. The van der Waals surface area contributed by atoms with Crippen LogP contribution in [0.1, 0.15) is 33.3 Å². The molecule has 0 aliphatic rings. The zero-order valence-corrected chi connectivity index (χ0v) is 14.8. The molecule has 0 atom stereocenters. The molecule has 1 aromatic heterocycles. The Kier molecular flexibility index (Phi) is 5.46. The lowest BCUT2D eigenvalue weighted by atomic mass is 10.1. The first-order chi connectivity index (χ1) is 10.4. The second kappa shape index (κ2) is 7.14. The molecule has 3 nitrogen and oxygen atoms in total. The number of aryl methyl sites for hydroxylation is 1. The van der Waals surface area contributed by atoms with Gasteiger partial charge in [0.15, 0.2) is 0 Å². The molecule has 0 aliphatic carbocycles. The Labute approximate surface area is 137 Å². The summed E-state index contributed by atoms with van der Waals surface area (Å²) < 4.78 is 0. The third-order valence-electron chi connectivity index (χ3n) is 3.64. The Morgan fingerprint density at radius 1 is 1.18 bits per heavy atom. The second-order valence-electron chi connectivity index (χ2n) is 6.07. The van der Waals surface area contributed by atoms with Crippen LogP contribution < -0.4 is 0 Å². The molecule has 1 amide bonds. The highest BCUT2D eigenvalue weighted by Crippen LogP contribution is 2.24. The van der Waals surface area contributed by atoms with Crippen LogP contribution in [0.4, 0.5) is 0 Å². The zero-order chi connectivity index (χ0) is 16.3. The van der Waals surface area contributed by atoms with Gasteiger partial charge in [0, 0.05) is 17.5 Å². The molecule has 0 spiro atoms. The van der Waals surface area contributed by atoms with Gasteiger partial charge in [-0.2, -0.15) is 0 Å². The van der Waals surface area contributed by atoms with Gasteiger partial charge in [0.05, 0.1) is 16.3 Å². The summed E-state index contributed by atoms with van der Waals surface area (Å²) in [5.74, 6) is 0.601. The number of hydrogen-bond acceptors (Lipinski definition) is 3. The van der Waals surface area contributed by atoms with Crippen molar-refractivity contribution < 1.29 is 4.79 Å². The maximum absolute atomic E-state index is 12.4. The highest BCUT2D eigenvalue weighted by atomic mass is 32.2. The molecule has 0 N–H and O–H groups in total. The van der Waals surface area contributed by atoms with Gasteiger partial charge in [0.2, 0.25) is 5.91 Å². The van der Waals surface area contributed by atoms with E-state index in [4.69, 9.17) is 0 Å². The van der Waals surface area contributed by atoms with Crippen molar-refractivity contribution in [2.24, 2.45) is 0 Å². The molecule has 2 aromatic rings. The Hall–Kier alpha value is -1.55. The van der Waals surface area contributed by atoms with Gasteiger partial charge in [0.1, 0.15) is 0 Å². The third-order valence-corrected chi connectivity index (χ3v) is 4.54. The number of carbonyl (C=O) groups is 1. The van der Waals surface area contributed by atoms with E-state index in [0.717, 1.165) is 10.5 Å². The van der Waals surface area contributed by atoms with E-state index in [0.29, 0.717) is 5.75 Å². The number of pyridine rings is 1. The number of para-hydroxylation sites is 1. The van der Waals surface area contributed by atoms with Crippen LogP contribution in [-0.4, -0.2) is 33.6 Å². The van der Waals surface area contributed by atoms with E-state index >= 15 is 0 Å². The lowest BCUT2D eigenvalue weighted by molar-refractivity contribution is -0.131. The van der Waals surface area contributed by atoms with Gasteiger partial charge < -0.3 is 4.90 Å². The molecule has 2 rings (SSSR count). The normalized spacial score (nSPS) is 11.4. The molecule has 118 valence electrons. The van der Waals surface area contributed by atoms with Crippen molar-refractivity contribution in [3.05, 3.63) is 35.9 Å². The Balaban J connectivity index is 2.13. The predicted molar refractivity (Wildman–Crippen MR) is 94.3 cm³/mol. The van der Waals surface area contributed by atoms with Crippen molar-refractivity contribution in [3.8, 4) is 0 Å². The fourth-order valence-electron chi connectivity index (χ4n) is 2.77. The fourth-order valence-corrected chi connectivity index (χ4v) is 3.62. The van der Waals surface area contributed by atoms with Crippen LogP contribution in [0.5, 0.6) is 0 Å². The van der Waals surface area contributed by atoms with Crippen LogP contribution in [0.3, 0.4) is 0 Å². The Bertz CT molecular complexity index is 659. The molecule has 0 saturated carbocycles. The molecule has 0 fully saturated rings. The van der Waals surface area contributed by atoms with Gasteiger partial charge in [-0.05, 0) is 52.3 Å². The molecule has 22 heavy (non-hydrogen) atoms. The van der Waals surface area contributed by atoms with E-state index < -0.39 is 0 Å². The molecule has 0 unspecified atom stereocenters. The third kappa shape index (κ3) is 3.80. The number of thioether (sulfide) groups is 1. The topological polar surface area (TPSA) is 33.2 Å². The van der Waals surface area contributed by atoms with Gasteiger partial charge in [-0.25, -0.2) is 4.98 Å². The molecule has 1 heterocycles. The second-order valence-corrected chi connectivity index (χ2v) is 7.07. The van der Waals surface area contributed by atoms with Crippen LogP contribution in [0, 0.1) is 6.92 Å². The number of amides is 1. The van der Waals surface area contributed by atoms with Crippen LogP contribution >= 0.6 is 11.8 Å². The Morgan fingerprint density at radius 2 is 1.82 bits per heavy atom. The van der Waals surface area contributed by atoms with Crippen LogP contribution in [0.2, 0.25) is 0 Å². The summed E-state index contributed by atoms with van der Waals surface area (Å²) >= 11 is 1.52. The summed E-state index contributed by atoms with van der Waals surface area (Å²) in [7, 11) is 0. The minimum Gasteiger partial charge on any atom is -0.337 e. The van der Waals surface area contributed by atoms with Gasteiger partial charge in [-0.1, -0.05) is 30.0 Å². The summed E-state index contributed by atoms with van der Waals surface area (Å²) in [6.07, 6.45) is 0. The average molecular weight is 316 g/mol. The monoisotopic (exact) mass is 316 g/mol. The molecular formula is C18H24N2OS. The molecule has 0 saturated heterocycles. The number of fused-ring (bicyclic) bond motifs is 1. The summed E-state index contributed by atoms with van der Waals surface area (Å²) in [5.41, 5.74) is 2.19. The minimum atomic E-state index is 0.169. The highest BCUT2D eigenvalue weighted by molar-refractivity contribution is 7.99. The zero-order valence-electron chi connectivity index (χ0n) is 14.0. The smallest absolute Gasteiger partial charge is 0.233 e. The summed E-state index contributed by atoms with van der Waals surface area (Å²) in [6, 6.07) is 10.6. The first-order valence-corrected chi connectivity index (χ1v) is 8.69. The van der Waals surface area contributed by atoms with Crippen molar-refractivity contribution in [1.29, 1.82) is 0 Å². The highest BCUT2D eigenvalue weighted by Gasteiger charge is 2.20. The van der Waals surface area contributed by atoms with Crippen LogP contribution in [0.15, 0.2) is 35.4 Å². The number of rotatable bonds is 5. The van der Waals surface area contributed by atoms with Crippen molar-refractivity contribution in [3.63, 3.8) is 0 Å². The summed E-state index contributed by atoms with van der Waals surface area (Å²) in [5, 5.41) is 2.08. The molecule has 0 bridgehead atoms. The van der Waals surface area contributed by atoms with Crippen LogP contribution in [0.25, 0.3) is 10.9 Å². The van der Waals surface area contributed by atoms with Crippen LogP contribution in [-0.2, 0) is 4.79 Å². The van der Waals surface area contributed by atoms with E-state index in [2.05, 4.69) is 51.7 Å². The number of carbonyl (C=O) groups excluding carboxylic acids is 1. The maximum Gasteiger partial charge on any atom is 0.233 e. The maximum atomic E-state index is 12.4. The van der Waals surface area contributed by atoms with Crippen molar-refractivity contribution in [2.45, 2.75) is 51.7 Å². The van der Waals surface area contributed by atoms with Crippen molar-refractivity contribution in [1.82, 2.24) is 9.88 Å². The van der Waals surface area contributed by atoms with E-state index in [-0.39, 0.29) is 18.0 Å². The number of benzene rings is 1. The molecule has 1 aromatic carbocycles. The Morgan fingerprint density at radius 3 is 2.45 bits per heavy atom. The van der Waals surface area contributed by atoms with Crippen molar-refractivity contribution >= 4 is 28.6 Å². The lowest BCUT2D eigenvalue weighted by Crippen LogP contribution is -2.43. The largest absolute Gasteiger partial charge is 0.337 e. The van der Waals surface area contributed by atoms with E-state index in [1.807, 2.05) is 23.1 Å². The number of nitrogens with zero attached hydrogens (tertiary/aromatic N) is 2. The SMILES string of the molecule is Cc1cc(SCC(=O)N(C(C)C)C(C)C)nc2ccccc12. The first kappa shape index (κ1) is 16.8. The molecule has 0 aliphatic heterocycles. The minimum absolute atomic E-state index is 0.169. The van der Waals surface area contributed by atoms with Gasteiger partial charge in [-0.15, -0.1) is 0 Å². The fraction of sp³-hybridized carbons (Fsp3) is 0.444. The average Bonchev–Trinajstić information content (AvgIpc) is 2.44. The van der Waals surface area contributed by atoms with Gasteiger partial charge >= 0.3 is 0 Å². The molecule has 0 radical (unpaired) electrons. The summed E-state index contributed by atoms with van der Waals surface area (Å²) in [6.45, 7) is 10.3. The first-order valence-electron chi connectivity index (χ1n) is 7.70. The number of aromatic nitrogens is 1. The van der Waals surface area contributed by atoms with Gasteiger partial charge in [-0.3, -0.25) is 4.79 Å². The molecular weight excluding hydrogens is 292 g/mol.